The van der Waals surface area contributed by atoms with Crippen LogP contribution in [0.15, 0.2) is 18.2 Å². The van der Waals surface area contributed by atoms with Crippen molar-refractivity contribution in [3.63, 3.8) is 0 Å². The van der Waals surface area contributed by atoms with Crippen LogP contribution in [0, 0.1) is 5.82 Å². The molecule has 1 aromatic carbocycles. The van der Waals surface area contributed by atoms with Gasteiger partial charge < -0.3 is 20.5 Å². The Balaban J connectivity index is 2.17. The molecule has 0 spiro atoms. The highest BCUT2D eigenvalue weighted by Gasteiger charge is 2.42. The number of alkyl halides is 2. The third-order valence-electron chi connectivity index (χ3n) is 3.26. The fraction of sp³-hybridized carbons (Fsp3) is 0.385. The van der Waals surface area contributed by atoms with Crippen LogP contribution in [-0.2, 0) is 9.53 Å². The molecule has 0 aliphatic carbocycles. The molecule has 1 saturated heterocycles. The molecule has 1 heterocycles. The van der Waals surface area contributed by atoms with Gasteiger partial charge in [0.05, 0.1) is 12.2 Å². The first-order valence-electron chi connectivity index (χ1n) is 6.28. The van der Waals surface area contributed by atoms with E-state index in [2.05, 4.69) is 10.1 Å². The first kappa shape index (κ1) is 16.1. The van der Waals surface area contributed by atoms with Gasteiger partial charge in [-0.05, 0) is 12.1 Å². The van der Waals surface area contributed by atoms with Crippen LogP contribution in [0.3, 0.4) is 0 Å². The summed E-state index contributed by atoms with van der Waals surface area (Å²) < 4.78 is 46.9. The van der Waals surface area contributed by atoms with Crippen molar-refractivity contribution in [2.75, 3.05) is 13.2 Å². The number of carbonyl (C=O) groups excluding carboxylic acids is 2. The Kier molecular flexibility index (Phi) is 4.55. The van der Waals surface area contributed by atoms with Crippen molar-refractivity contribution in [2.24, 2.45) is 5.73 Å². The molecule has 0 aromatic heterocycles. The zero-order valence-electron chi connectivity index (χ0n) is 11.3. The molecule has 22 heavy (non-hydrogen) atoms. The lowest BCUT2D eigenvalue weighted by Gasteiger charge is -2.25. The molecule has 0 bridgehead atoms. The number of halogens is 3. The van der Waals surface area contributed by atoms with Crippen LogP contribution in [0.5, 0.6) is 5.75 Å². The molecular formula is C13H13F3N2O4. The molecule has 1 aliphatic heterocycles. The van der Waals surface area contributed by atoms with Crippen LogP contribution in [0.2, 0.25) is 0 Å². The molecule has 3 N–H and O–H groups in total. The van der Waals surface area contributed by atoms with Crippen molar-refractivity contribution in [1.82, 2.24) is 5.32 Å². The molecule has 0 saturated carbocycles. The zero-order chi connectivity index (χ0) is 16.3. The van der Waals surface area contributed by atoms with Crippen LogP contribution in [0.1, 0.15) is 16.8 Å². The molecule has 0 radical (unpaired) electrons. The lowest BCUT2D eigenvalue weighted by atomic mass is 9.97. The third kappa shape index (κ3) is 3.30. The number of hydrogen-bond donors (Lipinski definition) is 2. The standard InChI is InChI=1S/C13H13F3N2O4/c14-9-5-7(22-12(15)16)1-2-8(9)10(19)18-13(11(17)20)3-4-21-6-13/h1-2,5,12H,3-4,6H2,(H2,17,20)(H,18,19). The molecular weight excluding hydrogens is 305 g/mol. The minimum Gasteiger partial charge on any atom is -0.435 e. The summed E-state index contributed by atoms with van der Waals surface area (Å²) in [6.07, 6.45) is 0.169. The van der Waals surface area contributed by atoms with Crippen LogP contribution < -0.4 is 15.8 Å². The Hall–Kier alpha value is -2.29. The zero-order valence-corrected chi connectivity index (χ0v) is 11.3. The number of nitrogens with two attached hydrogens (primary N) is 1. The van der Waals surface area contributed by atoms with Crippen LogP contribution in [0.25, 0.3) is 0 Å². The number of hydrogen-bond acceptors (Lipinski definition) is 4. The van der Waals surface area contributed by atoms with Gasteiger partial charge in [0.2, 0.25) is 5.91 Å². The number of ether oxygens (including phenoxy) is 2. The van der Waals surface area contributed by atoms with E-state index in [1.54, 1.807) is 0 Å². The topological polar surface area (TPSA) is 90.7 Å². The second-order valence-electron chi connectivity index (χ2n) is 4.72. The monoisotopic (exact) mass is 318 g/mol. The SMILES string of the molecule is NC(=O)C1(NC(=O)c2ccc(OC(F)F)cc2F)CCOC1. The van der Waals surface area contributed by atoms with E-state index >= 15 is 0 Å². The molecule has 9 heteroatoms. The van der Waals surface area contributed by atoms with E-state index in [-0.39, 0.29) is 19.6 Å². The quantitative estimate of drug-likeness (QED) is 0.840. The molecule has 2 rings (SSSR count). The average molecular weight is 318 g/mol. The van der Waals surface area contributed by atoms with Gasteiger partial charge in [-0.1, -0.05) is 0 Å². The van der Waals surface area contributed by atoms with Crippen molar-refractivity contribution >= 4 is 11.8 Å². The highest BCUT2D eigenvalue weighted by atomic mass is 19.3. The molecule has 1 unspecified atom stereocenters. The number of benzene rings is 1. The van der Waals surface area contributed by atoms with Crippen molar-refractivity contribution < 1.29 is 32.2 Å². The van der Waals surface area contributed by atoms with Gasteiger partial charge in [-0.25, -0.2) is 4.39 Å². The molecule has 2 amide bonds. The smallest absolute Gasteiger partial charge is 0.387 e. The maximum absolute atomic E-state index is 13.8. The summed E-state index contributed by atoms with van der Waals surface area (Å²) in [5.74, 6) is -3.17. The number of primary amides is 1. The first-order chi connectivity index (χ1) is 10.3. The van der Waals surface area contributed by atoms with E-state index in [1.807, 2.05) is 0 Å². The highest BCUT2D eigenvalue weighted by Crippen LogP contribution is 2.22. The Morgan fingerprint density at radius 2 is 2.14 bits per heavy atom. The fourth-order valence-electron chi connectivity index (χ4n) is 2.06. The van der Waals surface area contributed by atoms with E-state index < -0.39 is 41.1 Å². The first-order valence-corrected chi connectivity index (χ1v) is 6.28. The lowest BCUT2D eigenvalue weighted by Crippen LogP contribution is -2.58. The van der Waals surface area contributed by atoms with Gasteiger partial charge in [-0.2, -0.15) is 8.78 Å². The molecule has 1 aromatic rings. The molecule has 1 fully saturated rings. The van der Waals surface area contributed by atoms with E-state index in [0.29, 0.717) is 6.07 Å². The number of rotatable bonds is 5. The maximum Gasteiger partial charge on any atom is 0.387 e. The summed E-state index contributed by atoms with van der Waals surface area (Å²) >= 11 is 0. The molecule has 120 valence electrons. The van der Waals surface area contributed by atoms with Gasteiger partial charge >= 0.3 is 6.61 Å². The van der Waals surface area contributed by atoms with E-state index in [4.69, 9.17) is 10.5 Å². The highest BCUT2D eigenvalue weighted by molar-refractivity contribution is 5.99. The Morgan fingerprint density at radius 3 is 2.64 bits per heavy atom. The van der Waals surface area contributed by atoms with Gasteiger partial charge in [0.15, 0.2) is 0 Å². The van der Waals surface area contributed by atoms with Crippen LogP contribution in [0.4, 0.5) is 13.2 Å². The molecule has 1 atom stereocenters. The summed E-state index contributed by atoms with van der Waals surface area (Å²) in [5.41, 5.74) is 3.42. The summed E-state index contributed by atoms with van der Waals surface area (Å²) in [5, 5.41) is 2.34. The number of amides is 2. The minimum absolute atomic E-state index is 0.109. The van der Waals surface area contributed by atoms with Gasteiger partial charge in [-0.15, -0.1) is 0 Å². The fourth-order valence-corrected chi connectivity index (χ4v) is 2.06. The summed E-state index contributed by atoms with van der Waals surface area (Å²) in [7, 11) is 0. The van der Waals surface area contributed by atoms with Crippen molar-refractivity contribution in [3.8, 4) is 5.75 Å². The van der Waals surface area contributed by atoms with Crippen LogP contribution >= 0.6 is 0 Å². The second kappa shape index (κ2) is 6.22. The summed E-state index contributed by atoms with van der Waals surface area (Å²) in [6.45, 7) is -2.98. The summed E-state index contributed by atoms with van der Waals surface area (Å²) in [4.78, 5) is 23.5. The van der Waals surface area contributed by atoms with Crippen molar-refractivity contribution in [3.05, 3.63) is 29.6 Å². The van der Waals surface area contributed by atoms with Gasteiger partial charge in [0, 0.05) is 19.1 Å². The predicted octanol–water partition coefficient (Wildman–Crippen LogP) is 0.801. The number of nitrogens with one attached hydrogen (secondary N) is 1. The Morgan fingerprint density at radius 1 is 1.41 bits per heavy atom. The third-order valence-corrected chi connectivity index (χ3v) is 3.26. The van der Waals surface area contributed by atoms with Gasteiger partial charge in [0.25, 0.3) is 5.91 Å². The van der Waals surface area contributed by atoms with E-state index in [9.17, 15) is 22.8 Å². The largest absolute Gasteiger partial charge is 0.435 e. The van der Waals surface area contributed by atoms with E-state index in [1.165, 1.54) is 0 Å². The average Bonchev–Trinajstić information content (AvgIpc) is 2.87. The minimum atomic E-state index is -3.10. The van der Waals surface area contributed by atoms with E-state index in [0.717, 1.165) is 12.1 Å². The van der Waals surface area contributed by atoms with Gasteiger partial charge in [-0.3, -0.25) is 9.59 Å². The maximum atomic E-state index is 13.8. The number of carbonyl (C=O) groups is 2. The van der Waals surface area contributed by atoms with Crippen LogP contribution in [-0.4, -0.2) is 37.2 Å². The van der Waals surface area contributed by atoms with Gasteiger partial charge in [0.1, 0.15) is 17.1 Å². The van der Waals surface area contributed by atoms with Crippen molar-refractivity contribution in [1.29, 1.82) is 0 Å². The summed E-state index contributed by atoms with van der Waals surface area (Å²) in [6, 6.07) is 2.66. The lowest BCUT2D eigenvalue weighted by molar-refractivity contribution is -0.124. The Bertz CT molecular complexity index is 589. The normalized spacial score (nSPS) is 20.9. The Labute approximate surface area is 123 Å². The predicted molar refractivity (Wildman–Crippen MR) is 67.9 cm³/mol. The molecule has 6 nitrogen and oxygen atoms in total. The van der Waals surface area contributed by atoms with Crippen molar-refractivity contribution in [2.45, 2.75) is 18.6 Å². The molecule has 1 aliphatic rings. The second-order valence-corrected chi connectivity index (χ2v) is 4.72.